The maximum atomic E-state index is 12.9. The fraction of sp³-hybridized carbons (Fsp3) is 0.259. The Balaban J connectivity index is 1.05. The molecule has 0 aliphatic carbocycles. The number of hydrogen-bond acceptors (Lipinski definition) is 6. The highest BCUT2D eigenvalue weighted by Crippen LogP contribution is 2.30. The maximum absolute atomic E-state index is 12.9. The van der Waals surface area contributed by atoms with E-state index >= 15 is 0 Å². The molecule has 35 heavy (non-hydrogen) atoms. The normalized spacial score (nSPS) is 15.7. The number of thioether (sulfide) groups is 1. The van der Waals surface area contributed by atoms with Crippen molar-refractivity contribution in [2.24, 2.45) is 5.92 Å². The van der Waals surface area contributed by atoms with Crippen molar-refractivity contribution in [3.8, 4) is 22.5 Å². The lowest BCUT2D eigenvalue weighted by molar-refractivity contribution is -0.120. The number of rotatable bonds is 5. The Kier molecular flexibility index (Phi) is 5.96. The summed E-state index contributed by atoms with van der Waals surface area (Å²) in [5.41, 5.74) is 4.87. The number of carbonyl (C=O) groups is 1. The summed E-state index contributed by atoms with van der Waals surface area (Å²) in [6, 6.07) is 20.1. The molecule has 2 aliphatic heterocycles. The van der Waals surface area contributed by atoms with E-state index in [9.17, 15) is 4.79 Å². The molecule has 8 heteroatoms. The Bertz CT molecular complexity index is 1310. The smallest absolute Gasteiger partial charge is 0.227 e. The number of carbonyl (C=O) groups excluding carboxylic acids is 1. The van der Waals surface area contributed by atoms with E-state index in [1.54, 1.807) is 18.1 Å². The minimum atomic E-state index is -0.00509. The lowest BCUT2D eigenvalue weighted by Crippen LogP contribution is -2.38. The minimum absolute atomic E-state index is 0.00509. The first-order valence-corrected chi connectivity index (χ1v) is 13.0. The van der Waals surface area contributed by atoms with Gasteiger partial charge in [0.15, 0.2) is 5.16 Å². The van der Waals surface area contributed by atoms with E-state index in [1.165, 1.54) is 0 Å². The number of amides is 1. The van der Waals surface area contributed by atoms with Crippen molar-refractivity contribution in [2.45, 2.75) is 24.5 Å². The highest BCUT2D eigenvalue weighted by molar-refractivity contribution is 7.99. The van der Waals surface area contributed by atoms with Crippen LogP contribution >= 0.6 is 11.8 Å². The zero-order chi connectivity index (χ0) is 23.6. The van der Waals surface area contributed by atoms with Crippen molar-refractivity contribution in [1.29, 1.82) is 0 Å². The van der Waals surface area contributed by atoms with Crippen molar-refractivity contribution in [2.75, 3.05) is 29.1 Å². The largest absolute Gasteiger partial charge is 0.356 e. The third-order valence-electron chi connectivity index (χ3n) is 6.66. The summed E-state index contributed by atoms with van der Waals surface area (Å²) < 4.78 is 2.20. The van der Waals surface area contributed by atoms with E-state index in [0.29, 0.717) is 0 Å². The number of hydrogen-bond donors (Lipinski definition) is 1. The van der Waals surface area contributed by atoms with Crippen LogP contribution in [0.5, 0.6) is 0 Å². The van der Waals surface area contributed by atoms with Crippen LogP contribution in [-0.2, 0) is 11.3 Å². The van der Waals surface area contributed by atoms with Crippen LogP contribution in [0, 0.1) is 5.92 Å². The molecule has 2 aliphatic rings. The molecule has 1 saturated heterocycles. The molecule has 4 heterocycles. The number of benzene rings is 2. The maximum Gasteiger partial charge on any atom is 0.227 e. The predicted octanol–water partition coefficient (Wildman–Crippen LogP) is 4.97. The third-order valence-corrected chi connectivity index (χ3v) is 7.63. The van der Waals surface area contributed by atoms with Gasteiger partial charge in [0.2, 0.25) is 5.91 Å². The van der Waals surface area contributed by atoms with Crippen molar-refractivity contribution < 1.29 is 4.79 Å². The van der Waals surface area contributed by atoms with Gasteiger partial charge < -0.3 is 14.8 Å². The molecular formula is C27H26N6OS. The molecule has 0 saturated carbocycles. The van der Waals surface area contributed by atoms with Gasteiger partial charge in [-0.3, -0.25) is 4.79 Å². The first-order valence-electron chi connectivity index (χ1n) is 12.0. The number of anilines is 2. The monoisotopic (exact) mass is 482 g/mol. The van der Waals surface area contributed by atoms with E-state index < -0.39 is 0 Å². The Morgan fingerprint density at radius 3 is 2.46 bits per heavy atom. The Labute approximate surface area is 208 Å². The first-order chi connectivity index (χ1) is 17.2. The van der Waals surface area contributed by atoms with E-state index in [1.807, 2.05) is 48.5 Å². The minimum Gasteiger partial charge on any atom is -0.356 e. The molecule has 1 N–H and O–H groups in total. The summed E-state index contributed by atoms with van der Waals surface area (Å²) in [5.74, 6) is 2.09. The third kappa shape index (κ3) is 4.66. The Morgan fingerprint density at radius 2 is 1.69 bits per heavy atom. The molecule has 176 valence electrons. The molecule has 7 nitrogen and oxygen atoms in total. The van der Waals surface area contributed by atoms with Crippen molar-refractivity contribution in [1.82, 2.24) is 19.5 Å². The van der Waals surface area contributed by atoms with Crippen molar-refractivity contribution >= 4 is 29.2 Å². The standard InChI is InChI=1S/C27H26N6OS/c34-26(30-22-8-6-20(7-9-22)24-17-33-14-15-35-27(33)31-24)21-10-12-32(13-11-21)25-16-23(28-18-29-25)19-4-2-1-3-5-19/h1-9,16-18,21H,10-15H2,(H,30,34). The highest BCUT2D eigenvalue weighted by atomic mass is 32.2. The number of aromatic nitrogens is 4. The van der Waals surface area contributed by atoms with Crippen LogP contribution in [-0.4, -0.2) is 44.3 Å². The predicted molar refractivity (Wildman–Crippen MR) is 139 cm³/mol. The van der Waals surface area contributed by atoms with E-state index in [2.05, 4.69) is 43.1 Å². The number of piperidine rings is 1. The summed E-state index contributed by atoms with van der Waals surface area (Å²) >= 11 is 1.79. The number of fused-ring (bicyclic) bond motifs is 1. The average Bonchev–Trinajstić information content (AvgIpc) is 3.53. The van der Waals surface area contributed by atoms with E-state index in [0.717, 1.165) is 77.4 Å². The summed E-state index contributed by atoms with van der Waals surface area (Å²) in [5, 5.41) is 4.19. The van der Waals surface area contributed by atoms with Gasteiger partial charge in [-0.15, -0.1) is 0 Å². The SMILES string of the molecule is O=C(Nc1ccc(-c2cn3c(n2)SCC3)cc1)C1CCN(c2cc(-c3ccccc3)ncn2)CC1. The van der Waals surface area contributed by atoms with Gasteiger partial charge in [0, 0.05) is 60.4 Å². The molecule has 1 amide bonds. The van der Waals surface area contributed by atoms with Gasteiger partial charge >= 0.3 is 0 Å². The van der Waals surface area contributed by atoms with E-state index in [-0.39, 0.29) is 11.8 Å². The van der Waals surface area contributed by atoms with Crippen LogP contribution in [0.15, 0.2) is 78.3 Å². The molecule has 0 atom stereocenters. The molecule has 4 aromatic rings. The molecule has 0 radical (unpaired) electrons. The highest BCUT2D eigenvalue weighted by Gasteiger charge is 2.26. The van der Waals surface area contributed by atoms with Gasteiger partial charge in [0.1, 0.15) is 12.1 Å². The average molecular weight is 483 g/mol. The van der Waals surface area contributed by atoms with Crippen molar-refractivity contribution in [3.63, 3.8) is 0 Å². The molecule has 0 spiro atoms. The number of nitrogens with zero attached hydrogens (tertiary/aromatic N) is 5. The molecule has 2 aromatic carbocycles. The lowest BCUT2D eigenvalue weighted by atomic mass is 9.95. The lowest BCUT2D eigenvalue weighted by Gasteiger charge is -2.32. The van der Waals surface area contributed by atoms with Gasteiger partial charge in [-0.1, -0.05) is 54.2 Å². The number of imidazole rings is 1. The molecule has 6 rings (SSSR count). The van der Waals surface area contributed by atoms with Gasteiger partial charge in [-0.05, 0) is 25.0 Å². The van der Waals surface area contributed by atoms with Crippen LogP contribution in [0.25, 0.3) is 22.5 Å². The molecular weight excluding hydrogens is 456 g/mol. The molecule has 0 unspecified atom stereocenters. The van der Waals surface area contributed by atoms with Gasteiger partial charge in [0.05, 0.1) is 11.4 Å². The van der Waals surface area contributed by atoms with Crippen LogP contribution in [0.4, 0.5) is 11.5 Å². The fourth-order valence-corrected chi connectivity index (χ4v) is 5.62. The summed E-state index contributed by atoms with van der Waals surface area (Å²) in [6.45, 7) is 2.61. The van der Waals surface area contributed by atoms with Crippen molar-refractivity contribution in [3.05, 3.63) is 73.2 Å². The Hall–Kier alpha value is -3.65. The topological polar surface area (TPSA) is 75.9 Å². The summed E-state index contributed by atoms with van der Waals surface area (Å²) in [7, 11) is 0. The quantitative estimate of drug-likeness (QED) is 0.433. The first kappa shape index (κ1) is 21.9. The second-order valence-corrected chi connectivity index (χ2v) is 9.97. The molecule has 2 aromatic heterocycles. The zero-order valence-electron chi connectivity index (χ0n) is 19.3. The number of aryl methyl sites for hydroxylation is 1. The van der Waals surface area contributed by atoms with Crippen LogP contribution < -0.4 is 10.2 Å². The van der Waals surface area contributed by atoms with Crippen LogP contribution in [0.2, 0.25) is 0 Å². The second kappa shape index (κ2) is 9.54. The number of nitrogens with one attached hydrogen (secondary N) is 1. The fourth-order valence-electron chi connectivity index (χ4n) is 4.67. The zero-order valence-corrected chi connectivity index (χ0v) is 20.1. The second-order valence-electron chi connectivity index (χ2n) is 8.91. The summed E-state index contributed by atoms with van der Waals surface area (Å²) in [6.07, 6.45) is 5.33. The van der Waals surface area contributed by atoms with Gasteiger partial charge in [-0.25, -0.2) is 15.0 Å². The molecule has 1 fully saturated rings. The van der Waals surface area contributed by atoms with Gasteiger partial charge in [-0.2, -0.15) is 0 Å². The van der Waals surface area contributed by atoms with Gasteiger partial charge in [0.25, 0.3) is 0 Å². The van der Waals surface area contributed by atoms with Crippen LogP contribution in [0.1, 0.15) is 12.8 Å². The molecule has 0 bridgehead atoms. The van der Waals surface area contributed by atoms with Crippen LogP contribution in [0.3, 0.4) is 0 Å². The Morgan fingerprint density at radius 1 is 0.914 bits per heavy atom. The van der Waals surface area contributed by atoms with E-state index in [4.69, 9.17) is 4.98 Å². The summed E-state index contributed by atoms with van der Waals surface area (Å²) in [4.78, 5) is 28.8.